The fourth-order valence-corrected chi connectivity index (χ4v) is 3.31. The van der Waals surface area contributed by atoms with E-state index in [2.05, 4.69) is 28.2 Å². The van der Waals surface area contributed by atoms with E-state index in [9.17, 15) is 4.79 Å². The molecule has 0 amide bonds. The van der Waals surface area contributed by atoms with Gasteiger partial charge in [0.15, 0.2) is 0 Å². The van der Waals surface area contributed by atoms with Crippen LogP contribution in [0.2, 0.25) is 0 Å². The summed E-state index contributed by atoms with van der Waals surface area (Å²) in [5.74, 6) is 0.704. The Morgan fingerprint density at radius 3 is 2.30 bits per heavy atom. The maximum Gasteiger partial charge on any atom is 0.209 e. The fourth-order valence-electron chi connectivity index (χ4n) is 3.31. The van der Waals surface area contributed by atoms with Crippen LogP contribution in [0.15, 0.2) is 85.1 Å². The molecule has 4 heteroatoms. The number of aromatic nitrogens is 2. The summed E-state index contributed by atoms with van der Waals surface area (Å²) in [6.45, 7) is 0. The molecule has 0 fully saturated rings. The van der Waals surface area contributed by atoms with Crippen molar-refractivity contribution in [3.05, 3.63) is 113 Å². The van der Waals surface area contributed by atoms with E-state index in [1.807, 2.05) is 42.6 Å². The summed E-state index contributed by atoms with van der Waals surface area (Å²) in [4.78, 5) is 19.4. The second-order valence-electron chi connectivity index (χ2n) is 6.35. The zero-order valence-electron chi connectivity index (χ0n) is 15.0. The second kappa shape index (κ2) is 7.38. The first-order valence-electron chi connectivity index (χ1n) is 8.82. The summed E-state index contributed by atoms with van der Waals surface area (Å²) in [5.41, 5.74) is 4.40. The highest BCUT2D eigenvalue weighted by atomic mass is 16.5. The number of rotatable bonds is 6. The summed E-state index contributed by atoms with van der Waals surface area (Å²) >= 11 is 0. The van der Waals surface area contributed by atoms with Crippen LogP contribution in [0.3, 0.4) is 0 Å². The predicted octanol–water partition coefficient (Wildman–Crippen LogP) is 4.76. The first-order chi connectivity index (χ1) is 13.3. The standard InChI is InChI=1S/C23H20N2O2/c1-27-18-11-9-17(10-12-18)23(26)21-14-13-20(25-21)22(19-8-5-15-24-19)16-6-3-2-4-7-16/h2-15,22,24-25H,1H3. The lowest BCUT2D eigenvalue weighted by molar-refractivity contribution is 0.103. The largest absolute Gasteiger partial charge is 0.497 e. The first-order valence-corrected chi connectivity index (χ1v) is 8.82. The highest BCUT2D eigenvalue weighted by molar-refractivity contribution is 6.07. The molecule has 0 aliphatic rings. The Balaban J connectivity index is 1.68. The normalized spacial score (nSPS) is 11.9. The van der Waals surface area contributed by atoms with Gasteiger partial charge in [-0.15, -0.1) is 0 Å². The van der Waals surface area contributed by atoms with Gasteiger partial charge in [-0.3, -0.25) is 4.79 Å². The molecule has 2 N–H and O–H groups in total. The highest BCUT2D eigenvalue weighted by Crippen LogP contribution is 2.30. The minimum absolute atomic E-state index is 0.0126. The molecule has 0 spiro atoms. The van der Waals surface area contributed by atoms with Gasteiger partial charge in [0.1, 0.15) is 5.75 Å². The molecule has 1 atom stereocenters. The van der Waals surface area contributed by atoms with E-state index in [4.69, 9.17) is 4.74 Å². The number of hydrogen-bond acceptors (Lipinski definition) is 2. The van der Waals surface area contributed by atoms with Gasteiger partial charge in [0.2, 0.25) is 5.78 Å². The van der Waals surface area contributed by atoms with Crippen molar-refractivity contribution in [3.8, 4) is 5.75 Å². The van der Waals surface area contributed by atoms with Crippen LogP contribution in [-0.4, -0.2) is 22.9 Å². The molecule has 0 saturated carbocycles. The number of methoxy groups -OCH3 is 1. The first kappa shape index (κ1) is 16.9. The molecular weight excluding hydrogens is 336 g/mol. The van der Waals surface area contributed by atoms with Gasteiger partial charge in [-0.25, -0.2) is 0 Å². The number of benzene rings is 2. The number of carbonyl (C=O) groups excluding carboxylic acids is 1. The third-order valence-corrected chi connectivity index (χ3v) is 4.68. The van der Waals surface area contributed by atoms with Crippen LogP contribution >= 0.6 is 0 Å². The topological polar surface area (TPSA) is 57.9 Å². The van der Waals surface area contributed by atoms with Crippen LogP contribution < -0.4 is 4.74 Å². The van der Waals surface area contributed by atoms with E-state index in [-0.39, 0.29) is 11.7 Å². The van der Waals surface area contributed by atoms with Crippen LogP contribution in [0.4, 0.5) is 0 Å². The van der Waals surface area contributed by atoms with Crippen molar-refractivity contribution in [1.82, 2.24) is 9.97 Å². The molecule has 0 aliphatic carbocycles. The minimum Gasteiger partial charge on any atom is -0.497 e. The monoisotopic (exact) mass is 356 g/mol. The molecule has 0 aliphatic heterocycles. The second-order valence-corrected chi connectivity index (χ2v) is 6.35. The Labute approximate surface area is 157 Å². The van der Waals surface area contributed by atoms with E-state index in [0.717, 1.165) is 22.7 Å². The Morgan fingerprint density at radius 2 is 1.63 bits per heavy atom. The lowest BCUT2D eigenvalue weighted by atomic mass is 9.93. The van der Waals surface area contributed by atoms with Crippen molar-refractivity contribution in [2.75, 3.05) is 7.11 Å². The quantitative estimate of drug-likeness (QED) is 0.489. The number of carbonyl (C=O) groups is 1. The number of aromatic amines is 2. The average Bonchev–Trinajstić information content (AvgIpc) is 3.42. The lowest BCUT2D eigenvalue weighted by Crippen LogP contribution is -2.06. The molecule has 2 aromatic carbocycles. The maximum atomic E-state index is 12.8. The van der Waals surface area contributed by atoms with Crippen molar-refractivity contribution < 1.29 is 9.53 Å². The Kier molecular flexibility index (Phi) is 4.62. The van der Waals surface area contributed by atoms with Gasteiger partial charge in [-0.2, -0.15) is 0 Å². The van der Waals surface area contributed by atoms with Gasteiger partial charge >= 0.3 is 0 Å². The number of hydrogen-bond donors (Lipinski definition) is 2. The molecule has 1 unspecified atom stereocenters. The highest BCUT2D eigenvalue weighted by Gasteiger charge is 2.20. The van der Waals surface area contributed by atoms with Crippen LogP contribution in [0.25, 0.3) is 0 Å². The number of nitrogens with one attached hydrogen (secondary N) is 2. The molecule has 27 heavy (non-hydrogen) atoms. The Morgan fingerprint density at radius 1 is 0.852 bits per heavy atom. The Hall–Kier alpha value is -3.53. The van der Waals surface area contributed by atoms with E-state index in [1.54, 1.807) is 31.4 Å². The summed E-state index contributed by atoms with van der Waals surface area (Å²) in [5, 5.41) is 0. The molecule has 4 rings (SSSR count). The van der Waals surface area contributed by atoms with Gasteiger partial charge < -0.3 is 14.7 Å². The molecule has 4 nitrogen and oxygen atoms in total. The predicted molar refractivity (Wildman–Crippen MR) is 105 cm³/mol. The van der Waals surface area contributed by atoms with Gasteiger partial charge in [0.05, 0.1) is 18.7 Å². The zero-order valence-corrected chi connectivity index (χ0v) is 15.0. The molecule has 4 aromatic rings. The molecular formula is C23H20N2O2. The molecule has 0 saturated heterocycles. The van der Waals surface area contributed by atoms with Crippen LogP contribution in [0.5, 0.6) is 5.75 Å². The number of H-pyrrole nitrogens is 2. The van der Waals surface area contributed by atoms with E-state index < -0.39 is 0 Å². The SMILES string of the molecule is COc1ccc(C(=O)c2ccc(C(c3ccccc3)c3ccc[nH]3)[nH]2)cc1. The molecule has 2 heterocycles. The summed E-state index contributed by atoms with van der Waals surface area (Å²) < 4.78 is 5.16. The van der Waals surface area contributed by atoms with Crippen molar-refractivity contribution in [3.63, 3.8) is 0 Å². The summed E-state index contributed by atoms with van der Waals surface area (Å²) in [6, 6.07) is 25.3. The van der Waals surface area contributed by atoms with E-state index in [1.165, 1.54) is 0 Å². The molecule has 134 valence electrons. The van der Waals surface area contributed by atoms with Crippen molar-refractivity contribution >= 4 is 5.78 Å². The molecule has 2 aromatic heterocycles. The zero-order chi connectivity index (χ0) is 18.6. The third-order valence-electron chi connectivity index (χ3n) is 4.68. The Bertz CT molecular complexity index is 1020. The van der Waals surface area contributed by atoms with Crippen LogP contribution in [-0.2, 0) is 0 Å². The number of ether oxygens (including phenoxy) is 1. The van der Waals surface area contributed by atoms with Crippen LogP contribution in [0, 0.1) is 0 Å². The fraction of sp³-hybridized carbons (Fsp3) is 0.0870. The molecule has 0 radical (unpaired) electrons. The maximum absolute atomic E-state index is 12.8. The van der Waals surface area contributed by atoms with Crippen molar-refractivity contribution in [2.45, 2.75) is 5.92 Å². The average molecular weight is 356 g/mol. The van der Waals surface area contributed by atoms with Gasteiger partial charge in [-0.1, -0.05) is 30.3 Å². The van der Waals surface area contributed by atoms with Gasteiger partial charge in [-0.05, 0) is 54.1 Å². The van der Waals surface area contributed by atoms with Gasteiger partial charge in [0, 0.05) is 23.1 Å². The van der Waals surface area contributed by atoms with Crippen LogP contribution in [0.1, 0.15) is 38.9 Å². The van der Waals surface area contributed by atoms with E-state index in [0.29, 0.717) is 11.3 Å². The van der Waals surface area contributed by atoms with Crippen molar-refractivity contribution in [2.24, 2.45) is 0 Å². The summed E-state index contributed by atoms with van der Waals surface area (Å²) in [7, 11) is 1.61. The lowest BCUT2D eigenvalue weighted by Gasteiger charge is -2.15. The minimum atomic E-state index is -0.0396. The van der Waals surface area contributed by atoms with E-state index >= 15 is 0 Å². The smallest absolute Gasteiger partial charge is 0.209 e. The number of ketones is 1. The van der Waals surface area contributed by atoms with Crippen molar-refractivity contribution in [1.29, 1.82) is 0 Å². The van der Waals surface area contributed by atoms with Gasteiger partial charge in [0.25, 0.3) is 0 Å². The molecule has 0 bridgehead atoms. The third kappa shape index (κ3) is 3.42. The summed E-state index contributed by atoms with van der Waals surface area (Å²) in [6.07, 6.45) is 1.91.